The predicted octanol–water partition coefficient (Wildman–Crippen LogP) is 3.87. The molecule has 19 heavy (non-hydrogen) atoms. The van der Waals surface area contributed by atoms with Crippen molar-refractivity contribution in [1.82, 2.24) is 4.90 Å². The van der Waals surface area contributed by atoms with Crippen LogP contribution in [-0.4, -0.2) is 18.0 Å². The van der Waals surface area contributed by atoms with Gasteiger partial charge in [0, 0.05) is 24.8 Å². The van der Waals surface area contributed by atoms with Crippen molar-refractivity contribution in [2.24, 2.45) is 11.8 Å². The molecule has 0 saturated carbocycles. The maximum atomic E-state index is 5.90. The van der Waals surface area contributed by atoms with Crippen LogP contribution in [0.2, 0.25) is 0 Å². The van der Waals surface area contributed by atoms with Crippen molar-refractivity contribution < 1.29 is 0 Å². The monoisotopic (exact) mass is 260 g/mol. The molecule has 106 valence electrons. The molecule has 1 aromatic rings. The molecular formula is C17H28N2. The number of hydrogen-bond acceptors (Lipinski definition) is 2. The lowest BCUT2D eigenvalue weighted by molar-refractivity contribution is 0.156. The van der Waals surface area contributed by atoms with Gasteiger partial charge in [-0.05, 0) is 47.9 Å². The van der Waals surface area contributed by atoms with Gasteiger partial charge < -0.3 is 5.73 Å². The Morgan fingerprint density at radius 3 is 2.37 bits per heavy atom. The summed E-state index contributed by atoms with van der Waals surface area (Å²) in [5.74, 6) is 1.44. The largest absolute Gasteiger partial charge is 0.399 e. The molecule has 0 bridgehead atoms. The van der Waals surface area contributed by atoms with Crippen LogP contribution >= 0.6 is 0 Å². The van der Waals surface area contributed by atoms with Crippen molar-refractivity contribution in [2.75, 3.05) is 18.8 Å². The fraction of sp³-hybridized carbons (Fsp3) is 0.647. The average molecular weight is 260 g/mol. The van der Waals surface area contributed by atoms with Gasteiger partial charge in [0.15, 0.2) is 0 Å². The lowest BCUT2D eigenvalue weighted by atomic mass is 10.0. The van der Waals surface area contributed by atoms with Gasteiger partial charge in [0.1, 0.15) is 0 Å². The number of nitrogens with two attached hydrogens (primary N) is 1. The van der Waals surface area contributed by atoms with Crippen molar-refractivity contribution in [3.63, 3.8) is 0 Å². The third kappa shape index (κ3) is 3.50. The SMILES string of the molecule is CC(C)CN(CC(C)C)C1CCc2cc(N)ccc21. The normalized spacial score (nSPS) is 18.6. The molecule has 1 aliphatic carbocycles. The Hall–Kier alpha value is -1.02. The van der Waals surface area contributed by atoms with E-state index < -0.39 is 0 Å². The second kappa shape index (κ2) is 5.96. The molecule has 2 nitrogen and oxygen atoms in total. The number of fused-ring (bicyclic) bond motifs is 1. The lowest BCUT2D eigenvalue weighted by Crippen LogP contribution is -2.34. The van der Waals surface area contributed by atoms with E-state index in [0.717, 1.165) is 17.5 Å². The topological polar surface area (TPSA) is 29.3 Å². The number of hydrogen-bond donors (Lipinski definition) is 1. The highest BCUT2D eigenvalue weighted by molar-refractivity contribution is 5.47. The third-order valence-corrected chi connectivity index (χ3v) is 3.85. The fourth-order valence-electron chi connectivity index (χ4n) is 3.26. The van der Waals surface area contributed by atoms with E-state index >= 15 is 0 Å². The Morgan fingerprint density at radius 2 is 1.79 bits per heavy atom. The van der Waals surface area contributed by atoms with Crippen molar-refractivity contribution >= 4 is 5.69 Å². The molecule has 1 unspecified atom stereocenters. The minimum absolute atomic E-state index is 0.598. The first-order chi connectivity index (χ1) is 8.97. The zero-order valence-corrected chi connectivity index (χ0v) is 12.8. The van der Waals surface area contributed by atoms with Gasteiger partial charge in [-0.2, -0.15) is 0 Å². The number of anilines is 1. The van der Waals surface area contributed by atoms with Gasteiger partial charge in [-0.15, -0.1) is 0 Å². The van der Waals surface area contributed by atoms with Gasteiger partial charge in [-0.1, -0.05) is 33.8 Å². The minimum atomic E-state index is 0.598. The average Bonchev–Trinajstić information content (AvgIpc) is 2.69. The molecule has 1 atom stereocenters. The summed E-state index contributed by atoms with van der Waals surface area (Å²) in [7, 11) is 0. The van der Waals surface area contributed by atoms with Gasteiger partial charge in [-0.25, -0.2) is 0 Å². The molecule has 0 radical (unpaired) electrons. The quantitative estimate of drug-likeness (QED) is 0.814. The molecule has 0 aromatic heterocycles. The molecule has 0 spiro atoms. The van der Waals surface area contributed by atoms with Gasteiger partial charge in [0.2, 0.25) is 0 Å². The van der Waals surface area contributed by atoms with E-state index in [1.165, 1.54) is 37.1 Å². The van der Waals surface area contributed by atoms with Crippen LogP contribution in [0.15, 0.2) is 18.2 Å². The Labute approximate surface area is 118 Å². The molecular weight excluding hydrogens is 232 g/mol. The van der Waals surface area contributed by atoms with Crippen molar-refractivity contribution in [1.29, 1.82) is 0 Å². The van der Waals surface area contributed by atoms with E-state index in [-0.39, 0.29) is 0 Å². The third-order valence-electron chi connectivity index (χ3n) is 3.85. The van der Waals surface area contributed by atoms with E-state index in [9.17, 15) is 0 Å². The van der Waals surface area contributed by atoms with E-state index in [1.54, 1.807) is 0 Å². The zero-order valence-electron chi connectivity index (χ0n) is 12.8. The Bertz CT molecular complexity index is 413. The number of aryl methyl sites for hydroxylation is 1. The fourth-order valence-corrected chi connectivity index (χ4v) is 3.26. The molecule has 0 heterocycles. The van der Waals surface area contributed by atoms with E-state index in [1.807, 2.05) is 0 Å². The van der Waals surface area contributed by atoms with Gasteiger partial charge >= 0.3 is 0 Å². The maximum Gasteiger partial charge on any atom is 0.0354 e. The van der Waals surface area contributed by atoms with Crippen LogP contribution in [0.1, 0.15) is 51.3 Å². The van der Waals surface area contributed by atoms with Gasteiger partial charge in [0.25, 0.3) is 0 Å². The second-order valence-corrected chi connectivity index (χ2v) is 6.75. The van der Waals surface area contributed by atoms with Crippen LogP contribution < -0.4 is 5.73 Å². The molecule has 0 saturated heterocycles. The van der Waals surface area contributed by atoms with Crippen molar-refractivity contribution in [3.05, 3.63) is 29.3 Å². The lowest BCUT2D eigenvalue weighted by Gasteiger charge is -2.32. The molecule has 0 aliphatic heterocycles. The van der Waals surface area contributed by atoms with Gasteiger partial charge in [0.05, 0.1) is 0 Å². The molecule has 2 N–H and O–H groups in total. The first-order valence-electron chi connectivity index (χ1n) is 7.59. The second-order valence-electron chi connectivity index (χ2n) is 6.75. The summed E-state index contributed by atoms with van der Waals surface area (Å²) < 4.78 is 0. The Balaban J connectivity index is 2.20. The zero-order chi connectivity index (χ0) is 14.0. The van der Waals surface area contributed by atoms with E-state index in [2.05, 4.69) is 50.8 Å². The molecule has 1 aliphatic rings. The van der Waals surface area contributed by atoms with Crippen molar-refractivity contribution in [3.8, 4) is 0 Å². The summed E-state index contributed by atoms with van der Waals surface area (Å²) in [5, 5.41) is 0. The number of benzene rings is 1. The highest BCUT2D eigenvalue weighted by Crippen LogP contribution is 2.37. The Kier molecular flexibility index (Phi) is 4.51. The molecule has 0 fully saturated rings. The van der Waals surface area contributed by atoms with E-state index in [4.69, 9.17) is 5.73 Å². The van der Waals surface area contributed by atoms with Gasteiger partial charge in [-0.3, -0.25) is 4.90 Å². The summed E-state index contributed by atoms with van der Waals surface area (Å²) in [6.07, 6.45) is 2.43. The maximum absolute atomic E-state index is 5.90. The smallest absolute Gasteiger partial charge is 0.0354 e. The molecule has 2 rings (SSSR count). The molecule has 1 aromatic carbocycles. The van der Waals surface area contributed by atoms with Crippen LogP contribution in [0.3, 0.4) is 0 Å². The van der Waals surface area contributed by atoms with Crippen molar-refractivity contribution in [2.45, 2.75) is 46.6 Å². The minimum Gasteiger partial charge on any atom is -0.399 e. The number of nitrogen functional groups attached to an aromatic ring is 1. The van der Waals surface area contributed by atoms with E-state index in [0.29, 0.717) is 6.04 Å². The first-order valence-corrected chi connectivity index (χ1v) is 7.59. The Morgan fingerprint density at radius 1 is 1.16 bits per heavy atom. The summed E-state index contributed by atoms with van der Waals surface area (Å²) in [6.45, 7) is 11.6. The summed E-state index contributed by atoms with van der Waals surface area (Å²) in [6, 6.07) is 7.06. The standard InChI is InChI=1S/C17H28N2/c1-12(2)10-19(11-13(3)4)17-8-5-14-9-15(18)6-7-16(14)17/h6-7,9,12-13,17H,5,8,10-11,18H2,1-4H3. The highest BCUT2D eigenvalue weighted by Gasteiger charge is 2.28. The number of nitrogens with zero attached hydrogens (tertiary/aromatic N) is 1. The van der Waals surface area contributed by atoms with Crippen LogP contribution in [0.4, 0.5) is 5.69 Å². The van der Waals surface area contributed by atoms with Crippen LogP contribution in [0, 0.1) is 11.8 Å². The highest BCUT2D eigenvalue weighted by atomic mass is 15.2. The number of rotatable bonds is 5. The summed E-state index contributed by atoms with van der Waals surface area (Å²) >= 11 is 0. The summed E-state index contributed by atoms with van der Waals surface area (Å²) in [4.78, 5) is 2.68. The molecule has 0 amide bonds. The summed E-state index contributed by atoms with van der Waals surface area (Å²) in [5.41, 5.74) is 9.77. The van der Waals surface area contributed by atoms with Crippen LogP contribution in [0.5, 0.6) is 0 Å². The molecule has 2 heteroatoms. The predicted molar refractivity (Wildman–Crippen MR) is 83.2 cm³/mol. The van der Waals surface area contributed by atoms with Crippen LogP contribution in [-0.2, 0) is 6.42 Å². The van der Waals surface area contributed by atoms with Crippen LogP contribution in [0.25, 0.3) is 0 Å². The first kappa shape index (κ1) is 14.4.